The Morgan fingerprint density at radius 1 is 0.826 bits per heavy atom. The number of H-pyrrole nitrogens is 1. The van der Waals surface area contributed by atoms with E-state index in [0.29, 0.717) is 57.3 Å². The van der Waals surface area contributed by atoms with E-state index >= 15 is 0 Å². The van der Waals surface area contributed by atoms with Crippen LogP contribution >= 0.6 is 0 Å². The number of aromatic amines is 1. The van der Waals surface area contributed by atoms with Crippen LogP contribution in [0.5, 0.6) is 0 Å². The molecule has 0 spiro atoms. The number of hydrogen-bond donors (Lipinski definition) is 6. The van der Waals surface area contributed by atoms with Gasteiger partial charge in [0.25, 0.3) is 5.91 Å². The van der Waals surface area contributed by atoms with E-state index in [-0.39, 0.29) is 41.5 Å². The highest BCUT2D eigenvalue weighted by Gasteiger charge is 2.30. The van der Waals surface area contributed by atoms with E-state index in [1.807, 2.05) is 41.5 Å². The normalized spacial score (nSPS) is 15.5. The largest absolute Gasteiger partial charge is 0.355 e. The molecular formula is C33H55N8O5+. The van der Waals surface area contributed by atoms with E-state index in [2.05, 4.69) is 41.9 Å². The van der Waals surface area contributed by atoms with Gasteiger partial charge in [-0.2, -0.15) is 0 Å². The number of carbonyl (C=O) groups excluding carboxylic acids is 5. The predicted octanol–water partition coefficient (Wildman–Crippen LogP) is 0.905. The third kappa shape index (κ3) is 13.6. The van der Waals surface area contributed by atoms with Crippen LogP contribution < -0.4 is 36.9 Å². The molecule has 0 radical (unpaired) electrons. The molecule has 7 N–H and O–H groups in total. The summed E-state index contributed by atoms with van der Waals surface area (Å²) in [4.78, 5) is 72.3. The Labute approximate surface area is 273 Å². The number of pyridine rings is 1. The lowest BCUT2D eigenvalue weighted by Crippen LogP contribution is -2.57. The standard InChI is InChI=1S/C33H54N8O5/c1-8-10-26(40-32(45)27(12-11-24-18-37-24)39-30(43)23-13-15-34-16-14-23)31(44)38-25(17-20(3)4)19-36-22(7)29(42)41-28(21(5)6)33(46)35-9-2/h13-16,20-22,25-28,36H,8-12,17-19H2,1-7H3,(H,35,46)(H,38,44)(H,39,43)(H,40,45)(H,41,42)/p+1/t22-,25-,26-,27-,28-/m0/s1. The lowest BCUT2D eigenvalue weighted by atomic mass is 10.0. The fraction of sp³-hybridized carbons (Fsp3) is 0.667. The fourth-order valence-electron chi connectivity index (χ4n) is 4.98. The highest BCUT2D eigenvalue weighted by atomic mass is 16.2. The minimum absolute atomic E-state index is 0.0891. The summed E-state index contributed by atoms with van der Waals surface area (Å²) >= 11 is 0. The first-order valence-corrected chi connectivity index (χ1v) is 16.6. The van der Waals surface area contributed by atoms with Crippen molar-refractivity contribution in [1.82, 2.24) is 31.9 Å². The van der Waals surface area contributed by atoms with Gasteiger partial charge in [-0.05, 0) is 51.4 Å². The van der Waals surface area contributed by atoms with Crippen molar-refractivity contribution in [2.45, 2.75) is 111 Å². The van der Waals surface area contributed by atoms with Crippen LogP contribution in [-0.2, 0) is 19.2 Å². The van der Waals surface area contributed by atoms with E-state index in [0.717, 1.165) is 5.71 Å². The second-order valence-electron chi connectivity index (χ2n) is 12.7. The van der Waals surface area contributed by atoms with Crippen molar-refractivity contribution in [1.29, 1.82) is 0 Å². The number of amides is 5. The molecule has 2 heterocycles. The van der Waals surface area contributed by atoms with E-state index in [4.69, 9.17) is 0 Å². The average Bonchev–Trinajstić information content (AvgIpc) is 3.84. The van der Waals surface area contributed by atoms with Crippen LogP contribution in [0.2, 0.25) is 0 Å². The van der Waals surface area contributed by atoms with Gasteiger partial charge in [0, 0.05) is 37.0 Å². The molecule has 2 rings (SSSR count). The third-order valence-electron chi connectivity index (χ3n) is 7.68. The lowest BCUT2D eigenvalue weighted by Gasteiger charge is -2.28. The van der Waals surface area contributed by atoms with E-state index in [9.17, 15) is 24.0 Å². The van der Waals surface area contributed by atoms with Crippen LogP contribution in [0, 0.1) is 11.8 Å². The first-order valence-electron chi connectivity index (χ1n) is 16.6. The number of aliphatic imine (C=N–C) groups is 1. The molecule has 5 amide bonds. The van der Waals surface area contributed by atoms with Gasteiger partial charge >= 0.3 is 0 Å². The van der Waals surface area contributed by atoms with Gasteiger partial charge in [-0.25, -0.2) is 4.98 Å². The molecular weight excluding hydrogens is 588 g/mol. The van der Waals surface area contributed by atoms with Crippen molar-refractivity contribution in [3.05, 3.63) is 30.1 Å². The molecule has 256 valence electrons. The van der Waals surface area contributed by atoms with Crippen LogP contribution in [0.25, 0.3) is 0 Å². The molecule has 0 aliphatic carbocycles. The van der Waals surface area contributed by atoms with Crippen LogP contribution in [0.3, 0.4) is 0 Å². The Bertz CT molecular complexity index is 1190. The Morgan fingerprint density at radius 3 is 2.02 bits per heavy atom. The van der Waals surface area contributed by atoms with Crippen molar-refractivity contribution in [3.8, 4) is 0 Å². The van der Waals surface area contributed by atoms with Crippen molar-refractivity contribution < 1.29 is 29.0 Å². The van der Waals surface area contributed by atoms with Crippen LogP contribution in [0.4, 0.5) is 0 Å². The van der Waals surface area contributed by atoms with E-state index < -0.39 is 30.1 Å². The third-order valence-corrected chi connectivity index (χ3v) is 7.68. The maximum absolute atomic E-state index is 13.6. The molecule has 0 saturated carbocycles. The Kier molecular flexibility index (Phi) is 16.3. The smallest absolute Gasteiger partial charge is 0.252 e. The zero-order valence-electron chi connectivity index (χ0n) is 28.5. The topological polar surface area (TPSA) is 184 Å². The van der Waals surface area contributed by atoms with Gasteiger partial charge < -0.3 is 31.9 Å². The molecule has 0 aromatic carbocycles. The predicted molar refractivity (Wildman–Crippen MR) is 177 cm³/mol. The molecule has 0 fully saturated rings. The molecule has 13 nitrogen and oxygen atoms in total. The lowest BCUT2D eigenvalue weighted by molar-refractivity contribution is -0.378. The molecule has 46 heavy (non-hydrogen) atoms. The van der Waals surface area contributed by atoms with Gasteiger partial charge in [0.15, 0.2) is 12.4 Å². The molecule has 0 unspecified atom stereocenters. The van der Waals surface area contributed by atoms with Crippen molar-refractivity contribution in [2.24, 2.45) is 16.8 Å². The van der Waals surface area contributed by atoms with E-state index in [1.165, 1.54) is 0 Å². The molecule has 1 aromatic heterocycles. The van der Waals surface area contributed by atoms with Gasteiger partial charge in [-0.15, -0.1) is 0 Å². The Morgan fingerprint density at radius 2 is 1.46 bits per heavy atom. The first kappa shape index (κ1) is 38.3. The molecule has 0 saturated heterocycles. The summed E-state index contributed by atoms with van der Waals surface area (Å²) in [6, 6.07) is 0.0228. The molecule has 5 atom stereocenters. The minimum Gasteiger partial charge on any atom is -0.355 e. The number of carbonyl (C=O) groups is 5. The SMILES string of the molecule is CCC[C@H](NC(=O)[C@H](CCC1=NC1)NC(=O)c1cc[nH+]cc1)C(=O)N[C@H](CN[C@@H](C)C(=O)N[C@H](C(=O)NCC)C(C)C)CC(C)C. The highest BCUT2D eigenvalue weighted by molar-refractivity contribution is 5.99. The van der Waals surface area contributed by atoms with Crippen molar-refractivity contribution >= 4 is 35.2 Å². The van der Waals surface area contributed by atoms with Gasteiger partial charge in [0.2, 0.25) is 23.6 Å². The van der Waals surface area contributed by atoms with Gasteiger partial charge in [0.05, 0.1) is 18.2 Å². The average molecular weight is 644 g/mol. The number of nitrogens with one attached hydrogen (secondary N) is 7. The fourth-order valence-corrected chi connectivity index (χ4v) is 4.98. The summed E-state index contributed by atoms with van der Waals surface area (Å²) in [7, 11) is 0. The highest BCUT2D eigenvalue weighted by Crippen LogP contribution is 2.11. The summed E-state index contributed by atoms with van der Waals surface area (Å²) < 4.78 is 0. The van der Waals surface area contributed by atoms with Gasteiger partial charge in [0.1, 0.15) is 18.1 Å². The zero-order chi connectivity index (χ0) is 34.2. The summed E-state index contributed by atoms with van der Waals surface area (Å²) in [6.45, 7) is 14.8. The zero-order valence-corrected chi connectivity index (χ0v) is 28.5. The quantitative estimate of drug-likeness (QED) is 0.116. The molecule has 1 aromatic rings. The second kappa shape index (κ2) is 19.6. The Hall–Kier alpha value is -3.87. The molecule has 1 aliphatic heterocycles. The summed E-state index contributed by atoms with van der Waals surface area (Å²) in [6.07, 6.45) is 5.93. The van der Waals surface area contributed by atoms with Crippen molar-refractivity contribution in [3.63, 3.8) is 0 Å². The van der Waals surface area contributed by atoms with Crippen LogP contribution in [0.15, 0.2) is 29.5 Å². The number of nitrogens with zero attached hydrogens (tertiary/aromatic N) is 1. The first-order chi connectivity index (χ1) is 21.9. The number of aromatic nitrogens is 1. The van der Waals surface area contributed by atoms with Crippen LogP contribution in [0.1, 0.15) is 90.9 Å². The summed E-state index contributed by atoms with van der Waals surface area (Å²) in [5.74, 6) is -1.51. The molecule has 0 bridgehead atoms. The van der Waals surface area contributed by atoms with E-state index in [1.54, 1.807) is 31.5 Å². The minimum atomic E-state index is -0.839. The summed E-state index contributed by atoms with van der Waals surface area (Å²) in [5.41, 5.74) is 1.42. The van der Waals surface area contributed by atoms with Gasteiger partial charge in [-0.3, -0.25) is 29.0 Å². The second-order valence-corrected chi connectivity index (χ2v) is 12.7. The molecule has 1 aliphatic rings. The number of likely N-dealkylation sites (N-methyl/N-ethyl adjacent to an activating group) is 1. The monoisotopic (exact) mass is 643 g/mol. The van der Waals surface area contributed by atoms with Gasteiger partial charge in [-0.1, -0.05) is 41.0 Å². The molecule has 13 heteroatoms. The summed E-state index contributed by atoms with van der Waals surface area (Å²) in [5, 5.41) is 17.6. The maximum Gasteiger partial charge on any atom is 0.252 e. The maximum atomic E-state index is 13.6. The number of rotatable bonds is 21. The Balaban J connectivity index is 2.06. The number of hydrogen-bond acceptors (Lipinski definition) is 7. The van der Waals surface area contributed by atoms with Crippen molar-refractivity contribution in [2.75, 3.05) is 19.6 Å². The van der Waals surface area contributed by atoms with Crippen LogP contribution in [-0.4, -0.2) is 85.1 Å².